The van der Waals surface area contributed by atoms with Crippen molar-refractivity contribution in [2.75, 3.05) is 26.3 Å². The third kappa shape index (κ3) is 3.14. The summed E-state index contributed by atoms with van der Waals surface area (Å²) >= 11 is 0. The molecule has 192 valence electrons. The van der Waals surface area contributed by atoms with Gasteiger partial charge < -0.3 is 23.7 Å². The Labute approximate surface area is 210 Å². The molecular formula is C28H41NO5Si. The molecule has 7 heteroatoms. The normalized spacial score (nSPS) is 36.6. The predicted molar refractivity (Wildman–Crippen MR) is 138 cm³/mol. The van der Waals surface area contributed by atoms with Crippen LogP contribution in [0.2, 0.25) is 18.1 Å². The molecular weight excluding hydrogens is 458 g/mol. The summed E-state index contributed by atoms with van der Waals surface area (Å²) in [4.78, 5) is 2.43. The zero-order valence-corrected chi connectivity index (χ0v) is 22.9. The average Bonchev–Trinajstić information content (AvgIpc) is 3.42. The maximum Gasteiger partial charge on any atom is 0.250 e. The summed E-state index contributed by atoms with van der Waals surface area (Å²) in [6.45, 7) is 18.3. The minimum absolute atomic E-state index is 0.0531. The van der Waals surface area contributed by atoms with Crippen LogP contribution in [0.15, 0.2) is 24.8 Å². The molecule has 1 spiro atoms. The summed E-state index contributed by atoms with van der Waals surface area (Å²) in [6.07, 6.45) is 4.74. The van der Waals surface area contributed by atoms with Crippen molar-refractivity contribution in [1.82, 2.24) is 4.90 Å². The zero-order chi connectivity index (χ0) is 24.8. The van der Waals surface area contributed by atoms with E-state index in [1.807, 2.05) is 6.08 Å². The van der Waals surface area contributed by atoms with Gasteiger partial charge in [0, 0.05) is 24.1 Å². The molecule has 5 aliphatic rings. The van der Waals surface area contributed by atoms with Gasteiger partial charge in [0.2, 0.25) is 0 Å². The third-order valence-electron chi connectivity index (χ3n) is 10.1. The van der Waals surface area contributed by atoms with Gasteiger partial charge in [-0.2, -0.15) is 0 Å². The number of hydrogen-bond acceptors (Lipinski definition) is 6. The Bertz CT molecular complexity index is 1030. The molecule has 0 radical (unpaired) electrons. The molecule has 2 aliphatic carbocycles. The van der Waals surface area contributed by atoms with Crippen LogP contribution in [0, 0.1) is 5.92 Å². The Morgan fingerprint density at radius 3 is 2.66 bits per heavy atom. The lowest BCUT2D eigenvalue weighted by Gasteiger charge is -2.64. The highest BCUT2D eigenvalue weighted by Crippen LogP contribution is 2.67. The van der Waals surface area contributed by atoms with Crippen molar-refractivity contribution in [2.45, 2.75) is 94.0 Å². The fourth-order valence-electron chi connectivity index (χ4n) is 7.45. The molecule has 35 heavy (non-hydrogen) atoms. The molecule has 2 saturated heterocycles. The smallest absolute Gasteiger partial charge is 0.250 e. The topological polar surface area (TPSA) is 60.4 Å². The molecule has 1 N–H and O–H groups in total. The fraction of sp³-hybridized carbons (Fsp3) is 0.714. The summed E-state index contributed by atoms with van der Waals surface area (Å²) in [5.74, 6) is 1.81. The maximum atomic E-state index is 12.7. The van der Waals surface area contributed by atoms with Gasteiger partial charge >= 0.3 is 0 Å². The summed E-state index contributed by atoms with van der Waals surface area (Å²) in [6, 6.07) is 4.42. The van der Waals surface area contributed by atoms with Crippen LogP contribution < -0.4 is 9.16 Å². The van der Waals surface area contributed by atoms with Gasteiger partial charge in [-0.3, -0.25) is 4.90 Å². The monoisotopic (exact) mass is 499 g/mol. The standard InChI is InChI=1S/C28H41NO5Si/c1-7-13-29-14-12-27-22-18-8-9-20(34-35(5,6)26(2,3)4)23(22)33-24(27)19(25-31-15-16-32-25)10-11-28(27,30)21(29)17-18/h7-9,19,21,24-25,30H,1,10-17H2,2-6H3/t19?,21-,24+,27+,28-/m1/s1. The molecule has 3 aliphatic heterocycles. The van der Waals surface area contributed by atoms with Crippen molar-refractivity contribution in [1.29, 1.82) is 0 Å². The van der Waals surface area contributed by atoms with Crippen LogP contribution in [0.1, 0.15) is 51.2 Å². The highest BCUT2D eigenvalue weighted by Gasteiger charge is 2.73. The fourth-order valence-corrected chi connectivity index (χ4v) is 8.47. The number of hydrogen-bond donors (Lipinski definition) is 1. The van der Waals surface area contributed by atoms with E-state index in [1.165, 1.54) is 11.1 Å². The highest BCUT2D eigenvalue weighted by molar-refractivity contribution is 6.74. The van der Waals surface area contributed by atoms with Crippen molar-refractivity contribution in [3.8, 4) is 11.5 Å². The summed E-state index contributed by atoms with van der Waals surface area (Å²) < 4.78 is 25.9. The lowest BCUT2D eigenvalue weighted by Crippen LogP contribution is -2.76. The summed E-state index contributed by atoms with van der Waals surface area (Å²) in [5, 5.41) is 12.7. The highest BCUT2D eigenvalue weighted by atomic mass is 28.4. The molecule has 1 unspecified atom stereocenters. The van der Waals surface area contributed by atoms with Crippen molar-refractivity contribution >= 4 is 8.32 Å². The van der Waals surface area contributed by atoms with Crippen LogP contribution in [0.5, 0.6) is 11.5 Å². The lowest BCUT2D eigenvalue weighted by atomic mass is 9.47. The van der Waals surface area contributed by atoms with E-state index in [1.54, 1.807) is 0 Å². The molecule has 0 amide bonds. The second-order valence-corrected chi connectivity index (χ2v) is 17.5. The van der Waals surface area contributed by atoms with Crippen LogP contribution in [0.4, 0.5) is 0 Å². The van der Waals surface area contributed by atoms with Gasteiger partial charge in [0.25, 0.3) is 8.32 Å². The first-order chi connectivity index (χ1) is 16.5. The van der Waals surface area contributed by atoms with Crippen molar-refractivity contribution in [3.63, 3.8) is 0 Å². The van der Waals surface area contributed by atoms with E-state index in [-0.39, 0.29) is 29.4 Å². The largest absolute Gasteiger partial charge is 0.541 e. The molecule has 3 heterocycles. The summed E-state index contributed by atoms with van der Waals surface area (Å²) in [7, 11) is -2.08. The Morgan fingerprint density at radius 2 is 1.97 bits per heavy atom. The number of nitrogens with zero attached hydrogens (tertiary/aromatic N) is 1. The van der Waals surface area contributed by atoms with Gasteiger partial charge in [-0.1, -0.05) is 32.9 Å². The number of aliphatic hydroxyl groups is 1. The van der Waals surface area contributed by atoms with E-state index < -0.39 is 19.3 Å². The van der Waals surface area contributed by atoms with Crippen molar-refractivity contribution in [3.05, 3.63) is 35.9 Å². The Morgan fingerprint density at radius 1 is 1.23 bits per heavy atom. The second-order valence-electron chi connectivity index (χ2n) is 12.8. The van der Waals surface area contributed by atoms with Gasteiger partial charge in [-0.05, 0) is 62.0 Å². The summed E-state index contributed by atoms with van der Waals surface area (Å²) in [5.41, 5.74) is 1.17. The Kier molecular flexibility index (Phi) is 5.35. The van der Waals surface area contributed by atoms with Crippen LogP contribution in [-0.4, -0.2) is 68.7 Å². The van der Waals surface area contributed by atoms with E-state index in [4.69, 9.17) is 18.6 Å². The molecule has 1 saturated carbocycles. The molecule has 6 rings (SSSR count). The number of piperidine rings is 1. The van der Waals surface area contributed by atoms with Gasteiger partial charge in [0.1, 0.15) is 11.9 Å². The Hall–Kier alpha value is -1.38. The van der Waals surface area contributed by atoms with E-state index in [0.717, 1.165) is 50.3 Å². The second kappa shape index (κ2) is 7.81. The predicted octanol–water partition coefficient (Wildman–Crippen LogP) is 4.40. The van der Waals surface area contributed by atoms with Crippen molar-refractivity contribution < 1.29 is 23.7 Å². The van der Waals surface area contributed by atoms with E-state index in [9.17, 15) is 5.11 Å². The maximum absolute atomic E-state index is 12.7. The van der Waals surface area contributed by atoms with Crippen LogP contribution in [0.25, 0.3) is 0 Å². The minimum atomic E-state index is -2.08. The average molecular weight is 500 g/mol. The van der Waals surface area contributed by atoms with Crippen LogP contribution in [0.3, 0.4) is 0 Å². The minimum Gasteiger partial charge on any atom is -0.541 e. The molecule has 3 fully saturated rings. The van der Waals surface area contributed by atoms with Crippen LogP contribution in [-0.2, 0) is 21.3 Å². The molecule has 1 aromatic carbocycles. The first-order valence-corrected chi connectivity index (χ1v) is 16.3. The first-order valence-electron chi connectivity index (χ1n) is 13.4. The van der Waals surface area contributed by atoms with Crippen LogP contribution >= 0.6 is 0 Å². The molecule has 2 bridgehead atoms. The van der Waals surface area contributed by atoms with Gasteiger partial charge in [0.15, 0.2) is 12.0 Å². The van der Waals surface area contributed by atoms with Crippen molar-refractivity contribution in [2.24, 2.45) is 5.92 Å². The zero-order valence-electron chi connectivity index (χ0n) is 21.9. The molecule has 6 nitrogen and oxygen atoms in total. The van der Waals surface area contributed by atoms with E-state index >= 15 is 0 Å². The third-order valence-corrected chi connectivity index (χ3v) is 14.5. The lowest BCUT2D eigenvalue weighted by molar-refractivity contribution is -0.222. The van der Waals surface area contributed by atoms with Gasteiger partial charge in [-0.15, -0.1) is 6.58 Å². The molecule has 5 atom stereocenters. The molecule has 0 aromatic heterocycles. The molecule has 1 aromatic rings. The number of ether oxygens (including phenoxy) is 3. The quantitative estimate of drug-likeness (QED) is 0.479. The number of likely N-dealkylation sites (tertiary alicyclic amines) is 1. The number of benzene rings is 1. The van der Waals surface area contributed by atoms with E-state index in [0.29, 0.717) is 13.2 Å². The SMILES string of the molecule is C=CCN1CC[C@]23c4c5ccc(O[Si](C)(C)C(C)(C)C)c4O[C@H]2C(C2OCCO2)CC[C@@]3(O)[C@H]1C5. The Balaban J connectivity index is 1.51. The van der Waals surface area contributed by atoms with Gasteiger partial charge in [-0.25, -0.2) is 0 Å². The number of rotatable bonds is 5. The first kappa shape index (κ1) is 24.0. The van der Waals surface area contributed by atoms with Gasteiger partial charge in [0.05, 0.1) is 24.2 Å². The van der Waals surface area contributed by atoms with E-state index in [2.05, 4.69) is 57.5 Å².